The number of carboxylic acids is 1. The minimum atomic E-state index is -1.05. The second-order valence-corrected chi connectivity index (χ2v) is 11.1. The van der Waals surface area contributed by atoms with Gasteiger partial charge in [0, 0.05) is 29.4 Å². The number of amides is 2. The van der Waals surface area contributed by atoms with Gasteiger partial charge >= 0.3 is 5.97 Å². The van der Waals surface area contributed by atoms with Crippen LogP contribution in [0.1, 0.15) is 78.3 Å². The molecule has 2 aromatic heterocycles. The molecule has 8 nitrogen and oxygen atoms in total. The van der Waals surface area contributed by atoms with Crippen LogP contribution >= 0.6 is 11.3 Å². The summed E-state index contributed by atoms with van der Waals surface area (Å²) < 4.78 is 5.38. The van der Waals surface area contributed by atoms with Crippen molar-refractivity contribution in [2.75, 3.05) is 10.2 Å². The van der Waals surface area contributed by atoms with Crippen molar-refractivity contribution in [1.29, 1.82) is 0 Å². The number of nitrogens with zero attached hydrogens (tertiary/aromatic N) is 2. The van der Waals surface area contributed by atoms with Crippen molar-refractivity contribution >= 4 is 40.5 Å². The van der Waals surface area contributed by atoms with Crippen molar-refractivity contribution < 1.29 is 23.9 Å². The Morgan fingerprint density at radius 2 is 1.76 bits per heavy atom. The second-order valence-electron chi connectivity index (χ2n) is 10.1. The molecule has 0 bridgehead atoms. The Kier molecular flexibility index (Phi) is 7.82. The van der Waals surface area contributed by atoms with Crippen LogP contribution in [0.4, 0.5) is 11.4 Å². The van der Waals surface area contributed by atoms with Gasteiger partial charge in [0.1, 0.15) is 4.88 Å². The van der Waals surface area contributed by atoms with Crippen LogP contribution in [0.5, 0.6) is 0 Å². The number of thiophene rings is 1. The first-order valence-electron chi connectivity index (χ1n) is 12.6. The quantitative estimate of drug-likeness (QED) is 0.364. The molecule has 1 saturated carbocycles. The molecule has 1 fully saturated rings. The van der Waals surface area contributed by atoms with E-state index in [2.05, 4.69) is 17.2 Å². The van der Waals surface area contributed by atoms with E-state index in [0.717, 1.165) is 47.5 Å². The predicted molar refractivity (Wildman–Crippen MR) is 144 cm³/mol. The van der Waals surface area contributed by atoms with E-state index in [9.17, 15) is 19.5 Å². The SMILES string of the molecule is Cc1nc(C)c(C(=O)Nc2ccc(-c3cc(N(C(=O)[C@H]4CC[C@H](C)CC4)C(C)C)c(C(=O)O)s3)cc2)o1. The molecule has 3 aromatic rings. The topological polar surface area (TPSA) is 113 Å². The van der Waals surface area contributed by atoms with Gasteiger partial charge in [0.05, 0.1) is 11.4 Å². The molecule has 0 atom stereocenters. The summed E-state index contributed by atoms with van der Waals surface area (Å²) in [5.41, 5.74) is 2.33. The number of aromatic carboxylic acids is 1. The highest BCUT2D eigenvalue weighted by molar-refractivity contribution is 7.18. The van der Waals surface area contributed by atoms with Crippen LogP contribution in [0.25, 0.3) is 10.4 Å². The lowest BCUT2D eigenvalue weighted by Crippen LogP contribution is -2.42. The number of hydrogen-bond acceptors (Lipinski definition) is 6. The molecule has 0 saturated heterocycles. The largest absolute Gasteiger partial charge is 0.477 e. The van der Waals surface area contributed by atoms with Crippen molar-refractivity contribution in [2.24, 2.45) is 11.8 Å². The molecule has 4 rings (SSSR count). The van der Waals surface area contributed by atoms with E-state index in [1.165, 1.54) is 0 Å². The Morgan fingerprint density at radius 1 is 1.11 bits per heavy atom. The molecular weight excluding hydrogens is 490 g/mol. The van der Waals surface area contributed by atoms with E-state index < -0.39 is 5.97 Å². The molecule has 0 aliphatic heterocycles. The van der Waals surface area contributed by atoms with Crippen LogP contribution in [0, 0.1) is 25.7 Å². The number of anilines is 2. The van der Waals surface area contributed by atoms with E-state index in [-0.39, 0.29) is 34.4 Å². The highest BCUT2D eigenvalue weighted by Gasteiger charge is 2.33. The van der Waals surface area contributed by atoms with Gasteiger partial charge < -0.3 is 19.7 Å². The molecule has 196 valence electrons. The minimum Gasteiger partial charge on any atom is -0.477 e. The maximum atomic E-state index is 13.5. The molecular formula is C28H33N3O5S. The summed E-state index contributed by atoms with van der Waals surface area (Å²) in [4.78, 5) is 44.9. The Labute approximate surface area is 220 Å². The van der Waals surface area contributed by atoms with Crippen LogP contribution in [0.15, 0.2) is 34.7 Å². The Bertz CT molecular complexity index is 1300. The summed E-state index contributed by atoms with van der Waals surface area (Å²) in [5, 5.41) is 12.8. The van der Waals surface area contributed by atoms with Crippen LogP contribution < -0.4 is 10.2 Å². The molecule has 0 radical (unpaired) electrons. The van der Waals surface area contributed by atoms with Gasteiger partial charge in [-0.05, 0) is 76.1 Å². The average Bonchev–Trinajstić information content (AvgIpc) is 3.43. The molecule has 1 aliphatic carbocycles. The fraction of sp³-hybridized carbons (Fsp3) is 0.429. The van der Waals surface area contributed by atoms with E-state index >= 15 is 0 Å². The highest BCUT2D eigenvalue weighted by Crippen LogP contribution is 2.40. The Balaban J connectivity index is 1.58. The van der Waals surface area contributed by atoms with E-state index in [1.54, 1.807) is 36.9 Å². The number of rotatable bonds is 7. The van der Waals surface area contributed by atoms with E-state index in [0.29, 0.717) is 28.9 Å². The molecule has 9 heteroatoms. The average molecular weight is 524 g/mol. The maximum Gasteiger partial charge on any atom is 0.348 e. The van der Waals surface area contributed by atoms with Gasteiger partial charge in [-0.25, -0.2) is 9.78 Å². The number of carboxylic acid groups (broad SMARTS) is 1. The third kappa shape index (κ3) is 5.77. The van der Waals surface area contributed by atoms with Gasteiger partial charge in [-0.15, -0.1) is 11.3 Å². The summed E-state index contributed by atoms with van der Waals surface area (Å²) in [6.07, 6.45) is 3.70. The maximum absolute atomic E-state index is 13.5. The summed E-state index contributed by atoms with van der Waals surface area (Å²) in [7, 11) is 0. The van der Waals surface area contributed by atoms with Gasteiger partial charge in [0.25, 0.3) is 5.91 Å². The lowest BCUT2D eigenvalue weighted by atomic mass is 9.82. The zero-order valence-corrected chi connectivity index (χ0v) is 22.6. The standard InChI is InChI=1S/C28H33N3O5S/c1-15(2)31(27(33)20-8-6-16(3)7-9-20)22-14-23(37-25(22)28(34)35)19-10-12-21(13-11-19)30-26(32)24-17(4)29-18(5)36-24/h10-16,20H,6-9H2,1-5H3,(H,30,32)(H,34,35)/t16-,20-. The van der Waals surface area contributed by atoms with Gasteiger partial charge in [-0.2, -0.15) is 0 Å². The molecule has 2 amide bonds. The fourth-order valence-corrected chi connectivity index (χ4v) is 5.85. The third-order valence-electron chi connectivity index (χ3n) is 6.82. The predicted octanol–water partition coefficient (Wildman–Crippen LogP) is 6.54. The van der Waals surface area contributed by atoms with Crippen molar-refractivity contribution in [3.8, 4) is 10.4 Å². The van der Waals surface area contributed by atoms with Crippen molar-refractivity contribution in [3.63, 3.8) is 0 Å². The highest BCUT2D eigenvalue weighted by atomic mass is 32.1. The Morgan fingerprint density at radius 3 is 2.30 bits per heavy atom. The van der Waals surface area contributed by atoms with E-state index in [1.807, 2.05) is 26.0 Å². The van der Waals surface area contributed by atoms with Crippen LogP contribution in [0.2, 0.25) is 0 Å². The fourth-order valence-electron chi connectivity index (χ4n) is 4.86. The number of nitrogens with one attached hydrogen (secondary N) is 1. The summed E-state index contributed by atoms with van der Waals surface area (Å²) in [6.45, 7) is 9.44. The zero-order valence-electron chi connectivity index (χ0n) is 21.8. The first-order chi connectivity index (χ1) is 17.5. The molecule has 0 spiro atoms. The lowest BCUT2D eigenvalue weighted by Gasteiger charge is -2.33. The molecule has 2 heterocycles. The number of benzene rings is 1. The van der Waals surface area contributed by atoms with E-state index in [4.69, 9.17) is 4.42 Å². The monoisotopic (exact) mass is 523 g/mol. The molecule has 1 aromatic carbocycles. The number of oxazole rings is 1. The zero-order chi connectivity index (χ0) is 26.9. The lowest BCUT2D eigenvalue weighted by molar-refractivity contribution is -0.123. The van der Waals surface area contributed by atoms with Crippen molar-refractivity contribution in [3.05, 3.63) is 52.6 Å². The van der Waals surface area contributed by atoms with Crippen LogP contribution in [-0.2, 0) is 4.79 Å². The van der Waals surface area contributed by atoms with Gasteiger partial charge in [-0.1, -0.05) is 19.1 Å². The smallest absolute Gasteiger partial charge is 0.348 e. The summed E-state index contributed by atoms with van der Waals surface area (Å²) in [5.74, 6) is -0.304. The summed E-state index contributed by atoms with van der Waals surface area (Å²) >= 11 is 1.15. The number of aryl methyl sites for hydroxylation is 2. The third-order valence-corrected chi connectivity index (χ3v) is 7.98. The molecule has 37 heavy (non-hydrogen) atoms. The second kappa shape index (κ2) is 10.9. The number of carbonyl (C=O) groups is 3. The van der Waals surface area contributed by atoms with Gasteiger partial charge in [0.15, 0.2) is 5.89 Å². The molecule has 0 unspecified atom stereocenters. The first kappa shape index (κ1) is 26.6. The molecule has 1 aliphatic rings. The van der Waals surface area contributed by atoms with Crippen LogP contribution in [-0.4, -0.2) is 33.9 Å². The first-order valence-corrected chi connectivity index (χ1v) is 13.4. The number of aromatic nitrogens is 1. The normalized spacial score (nSPS) is 17.6. The summed E-state index contributed by atoms with van der Waals surface area (Å²) in [6, 6.07) is 8.76. The minimum absolute atomic E-state index is 0.00440. The van der Waals surface area contributed by atoms with Crippen molar-refractivity contribution in [1.82, 2.24) is 4.98 Å². The number of carbonyl (C=O) groups excluding carboxylic acids is 2. The van der Waals surface area contributed by atoms with Gasteiger partial charge in [0.2, 0.25) is 11.7 Å². The van der Waals surface area contributed by atoms with Crippen molar-refractivity contribution in [2.45, 2.75) is 66.3 Å². The molecule has 2 N–H and O–H groups in total. The van der Waals surface area contributed by atoms with Crippen LogP contribution in [0.3, 0.4) is 0 Å². The van der Waals surface area contributed by atoms with Gasteiger partial charge in [-0.3, -0.25) is 9.59 Å². The number of hydrogen-bond donors (Lipinski definition) is 2. The Hall–Kier alpha value is -3.46.